The molecule has 300 valence electrons. The molecule has 0 aliphatic carbocycles. The summed E-state index contributed by atoms with van der Waals surface area (Å²) in [6, 6.07) is 57.4. The minimum atomic E-state index is -2.96. The number of aliphatic carboxylic acids is 2. The van der Waals surface area contributed by atoms with Gasteiger partial charge in [-0.05, 0) is 85.6 Å². The zero-order chi connectivity index (χ0) is 41.5. The first-order valence-corrected chi connectivity index (χ1v) is 23.2. The van der Waals surface area contributed by atoms with Gasteiger partial charge in [0.05, 0.1) is 24.7 Å². The summed E-state index contributed by atoms with van der Waals surface area (Å²) in [5.74, 6) is -5.40. The largest absolute Gasteiger partial charge is 0.481 e. The summed E-state index contributed by atoms with van der Waals surface area (Å²) in [7, 11) is -5.93. The molecule has 0 fully saturated rings. The predicted molar refractivity (Wildman–Crippen MR) is 237 cm³/mol. The molecule has 6 aromatic rings. The van der Waals surface area contributed by atoms with Crippen molar-refractivity contribution in [2.24, 2.45) is 11.8 Å². The molecule has 0 spiro atoms. The number of carbonyl (C=O) groups is 4. The van der Waals surface area contributed by atoms with Crippen molar-refractivity contribution in [3.63, 3.8) is 0 Å². The summed E-state index contributed by atoms with van der Waals surface area (Å²) in [5.41, 5.74) is 0. The molecule has 0 saturated heterocycles. The van der Waals surface area contributed by atoms with E-state index in [9.17, 15) is 29.4 Å². The van der Waals surface area contributed by atoms with Crippen molar-refractivity contribution < 1.29 is 38.4 Å². The molecule has 0 amide bonds. The van der Waals surface area contributed by atoms with Gasteiger partial charge in [0.1, 0.15) is 31.8 Å². The fourth-order valence-electron chi connectivity index (χ4n) is 7.40. The lowest BCUT2D eigenvalue weighted by Gasteiger charge is -2.25. The van der Waals surface area contributed by atoms with Crippen molar-refractivity contribution in [1.82, 2.24) is 0 Å². The second kappa shape index (κ2) is 20.7. The second-order valence-corrected chi connectivity index (χ2v) is 20.2. The SMILES string of the molecule is O=C(CC(CCCCCC(CC(=O)O[P+](c1ccccc1)(c1ccccc1)c1ccccc1)C(=O)O)C(=O)O)O[P+](c1ccccc1)(c1ccccc1)c1ccccc1. The van der Waals surface area contributed by atoms with Gasteiger partial charge in [-0.25, -0.2) is 9.59 Å². The van der Waals surface area contributed by atoms with E-state index in [-0.39, 0.29) is 25.7 Å². The fraction of sp³-hybridized carbons (Fsp3) is 0.184. The van der Waals surface area contributed by atoms with E-state index in [4.69, 9.17) is 9.05 Å². The highest BCUT2D eigenvalue weighted by molar-refractivity contribution is 7.92. The molecular weight excluding hydrogens is 778 g/mol. The smallest absolute Gasteiger partial charge is 0.352 e. The van der Waals surface area contributed by atoms with E-state index in [1.165, 1.54) is 0 Å². The Morgan fingerprint density at radius 1 is 0.373 bits per heavy atom. The number of hydrogen-bond donors (Lipinski definition) is 2. The number of benzene rings is 6. The van der Waals surface area contributed by atoms with Gasteiger partial charge in [0.2, 0.25) is 0 Å². The quantitative estimate of drug-likeness (QED) is 0.0586. The third-order valence-electron chi connectivity index (χ3n) is 10.3. The van der Waals surface area contributed by atoms with Gasteiger partial charge in [0, 0.05) is 0 Å². The standard InChI is InChI=1S/C49H46O8P2/c50-46(56-58(40-24-10-2-11-25-40,41-26-12-3-13-27-41)42-28-14-4-15-29-42)36-38(48(52)53)22-8-1-9-23-39(49(54)55)37-47(51)57-59(43-30-16-5-17-31-43,44-32-18-6-19-33-44)45-34-20-7-21-35-45/h2-7,10-21,24-35,38-39H,1,8-9,22-23,36-37H2/p+2. The highest BCUT2D eigenvalue weighted by atomic mass is 31.2. The summed E-state index contributed by atoms with van der Waals surface area (Å²) in [6.45, 7) is 0. The topological polar surface area (TPSA) is 127 Å². The zero-order valence-corrected chi connectivity index (χ0v) is 34.5. The van der Waals surface area contributed by atoms with E-state index in [0.29, 0.717) is 19.3 Å². The number of carboxylic acids is 2. The molecule has 0 bridgehead atoms. The lowest BCUT2D eigenvalue weighted by molar-refractivity contribution is -0.147. The van der Waals surface area contributed by atoms with Gasteiger partial charge in [-0.3, -0.25) is 18.6 Å². The van der Waals surface area contributed by atoms with Gasteiger partial charge in [-0.1, -0.05) is 128 Å². The van der Waals surface area contributed by atoms with Crippen molar-refractivity contribution in [2.45, 2.75) is 44.9 Å². The first-order chi connectivity index (χ1) is 28.7. The Balaban J connectivity index is 1.10. The summed E-state index contributed by atoms with van der Waals surface area (Å²) in [5, 5.41) is 25.4. The Bertz CT molecular complexity index is 1900. The Labute approximate surface area is 346 Å². The predicted octanol–water partition coefficient (Wildman–Crippen LogP) is 8.02. The van der Waals surface area contributed by atoms with Crippen LogP contribution in [0.4, 0.5) is 0 Å². The third kappa shape index (κ3) is 10.4. The van der Waals surface area contributed by atoms with E-state index < -0.39 is 50.7 Å². The monoisotopic (exact) mass is 826 g/mol. The van der Waals surface area contributed by atoms with Gasteiger partial charge < -0.3 is 10.2 Å². The van der Waals surface area contributed by atoms with Gasteiger partial charge in [-0.2, -0.15) is 0 Å². The van der Waals surface area contributed by atoms with Crippen molar-refractivity contribution in [3.05, 3.63) is 182 Å². The molecule has 0 aliphatic heterocycles. The lowest BCUT2D eigenvalue weighted by atomic mass is 9.94. The van der Waals surface area contributed by atoms with E-state index in [1.54, 1.807) is 0 Å². The van der Waals surface area contributed by atoms with Crippen LogP contribution in [0.15, 0.2) is 182 Å². The fourth-order valence-corrected chi connectivity index (χ4v) is 14.1. The van der Waals surface area contributed by atoms with Crippen LogP contribution in [0.5, 0.6) is 0 Å². The number of unbranched alkanes of at least 4 members (excludes halogenated alkanes) is 2. The maximum absolute atomic E-state index is 13.9. The molecule has 8 nitrogen and oxygen atoms in total. The summed E-state index contributed by atoms with van der Waals surface area (Å²) >= 11 is 0. The third-order valence-corrected chi connectivity index (χ3v) is 17.4. The molecule has 6 aromatic carbocycles. The number of carbonyl (C=O) groups excluding carboxylic acids is 2. The van der Waals surface area contributed by atoms with Crippen LogP contribution in [0.1, 0.15) is 44.9 Å². The van der Waals surface area contributed by atoms with E-state index >= 15 is 0 Å². The Kier molecular flexibility index (Phi) is 14.9. The Morgan fingerprint density at radius 2 is 0.593 bits per heavy atom. The molecule has 0 aromatic heterocycles. The Morgan fingerprint density at radius 3 is 0.797 bits per heavy atom. The Hall–Kier alpha value is -5.94. The summed E-state index contributed by atoms with van der Waals surface area (Å²) in [6.07, 6.45) is 1.18. The van der Waals surface area contributed by atoms with Crippen molar-refractivity contribution in [3.8, 4) is 0 Å². The highest BCUT2D eigenvalue weighted by Crippen LogP contribution is 2.58. The first-order valence-electron chi connectivity index (χ1n) is 19.8. The second-order valence-electron chi connectivity index (χ2n) is 14.3. The molecule has 2 unspecified atom stereocenters. The van der Waals surface area contributed by atoms with Crippen LogP contribution in [0.3, 0.4) is 0 Å². The normalized spacial score (nSPS) is 12.5. The van der Waals surface area contributed by atoms with Crippen LogP contribution in [-0.2, 0) is 28.2 Å². The molecule has 0 saturated carbocycles. The maximum atomic E-state index is 13.9. The average molecular weight is 827 g/mol. The first kappa shape index (κ1) is 42.7. The number of carboxylic acid groups (broad SMARTS) is 2. The number of rotatable bonds is 20. The lowest BCUT2D eigenvalue weighted by Crippen LogP contribution is -2.35. The molecule has 10 heteroatoms. The minimum Gasteiger partial charge on any atom is -0.481 e. The minimum absolute atomic E-state index is 0.204. The van der Waals surface area contributed by atoms with Crippen molar-refractivity contribution in [1.29, 1.82) is 0 Å². The molecule has 59 heavy (non-hydrogen) atoms. The molecular formula is C49H48O8P2+2. The van der Waals surface area contributed by atoms with Gasteiger partial charge in [-0.15, -0.1) is 0 Å². The highest BCUT2D eigenvalue weighted by Gasteiger charge is 2.52. The summed E-state index contributed by atoms with van der Waals surface area (Å²) in [4.78, 5) is 52.7. The van der Waals surface area contributed by atoms with Gasteiger partial charge >= 0.3 is 23.9 Å². The van der Waals surface area contributed by atoms with E-state index in [0.717, 1.165) is 31.8 Å². The molecule has 0 aliphatic rings. The van der Waals surface area contributed by atoms with Gasteiger partial charge in [0.25, 0.3) is 15.0 Å². The maximum Gasteiger partial charge on any atom is 0.352 e. The van der Waals surface area contributed by atoms with Crippen LogP contribution >= 0.6 is 15.0 Å². The van der Waals surface area contributed by atoms with E-state index in [1.807, 2.05) is 182 Å². The van der Waals surface area contributed by atoms with Crippen LogP contribution in [0.2, 0.25) is 0 Å². The van der Waals surface area contributed by atoms with Crippen LogP contribution in [0.25, 0.3) is 0 Å². The van der Waals surface area contributed by atoms with E-state index in [2.05, 4.69) is 0 Å². The molecule has 6 rings (SSSR count). The molecule has 2 N–H and O–H groups in total. The summed E-state index contributed by atoms with van der Waals surface area (Å²) < 4.78 is 13.0. The molecule has 0 heterocycles. The molecule has 0 radical (unpaired) electrons. The average Bonchev–Trinajstić information content (AvgIpc) is 3.28. The van der Waals surface area contributed by atoms with Crippen LogP contribution < -0.4 is 31.8 Å². The van der Waals surface area contributed by atoms with Gasteiger partial charge in [0.15, 0.2) is 0 Å². The molecule has 2 atom stereocenters. The van der Waals surface area contributed by atoms with Crippen molar-refractivity contribution >= 4 is 70.7 Å². The van der Waals surface area contributed by atoms with Crippen LogP contribution in [-0.4, -0.2) is 34.1 Å². The van der Waals surface area contributed by atoms with Crippen LogP contribution in [0, 0.1) is 11.8 Å². The zero-order valence-electron chi connectivity index (χ0n) is 32.7. The van der Waals surface area contributed by atoms with Crippen molar-refractivity contribution in [2.75, 3.05) is 0 Å². The number of hydrogen-bond acceptors (Lipinski definition) is 6.